The summed E-state index contributed by atoms with van der Waals surface area (Å²) in [6, 6.07) is 7.45. The van der Waals surface area contributed by atoms with E-state index in [-0.39, 0.29) is 5.56 Å². The van der Waals surface area contributed by atoms with Crippen molar-refractivity contribution in [2.24, 2.45) is 0 Å². The van der Waals surface area contributed by atoms with Gasteiger partial charge in [0, 0.05) is 44.3 Å². The van der Waals surface area contributed by atoms with Gasteiger partial charge in [-0.05, 0) is 36.6 Å². The predicted molar refractivity (Wildman–Crippen MR) is 96.4 cm³/mol. The Morgan fingerprint density at radius 2 is 2.04 bits per heavy atom. The molecule has 7 nitrogen and oxygen atoms in total. The number of hydrogen-bond donors (Lipinski definition) is 1. The standard InChI is InChI=1S/C19H20N4O3/c24-18-16(19(25)26)11-14(17-3-1-2-7-23(17)18)12-21-8-4-15(5-9-21)22-10-6-20-13-22/h1-3,6-7,10-11,13,15H,4-5,8-9,12H2,(H,25,26). The highest BCUT2D eigenvalue weighted by Crippen LogP contribution is 2.24. The molecule has 1 saturated heterocycles. The molecule has 26 heavy (non-hydrogen) atoms. The highest BCUT2D eigenvalue weighted by atomic mass is 16.4. The minimum atomic E-state index is -1.19. The predicted octanol–water partition coefficient (Wildman–Crippen LogP) is 2.03. The third-order valence-corrected chi connectivity index (χ3v) is 5.08. The van der Waals surface area contributed by atoms with E-state index in [0.29, 0.717) is 12.6 Å². The molecule has 134 valence electrons. The van der Waals surface area contributed by atoms with Crippen LogP contribution in [0.2, 0.25) is 0 Å². The zero-order valence-electron chi connectivity index (χ0n) is 14.3. The molecule has 0 radical (unpaired) electrons. The molecular formula is C19H20N4O3. The first-order chi connectivity index (χ1) is 12.6. The van der Waals surface area contributed by atoms with Crippen molar-refractivity contribution in [2.75, 3.05) is 13.1 Å². The monoisotopic (exact) mass is 352 g/mol. The fourth-order valence-corrected chi connectivity index (χ4v) is 3.70. The summed E-state index contributed by atoms with van der Waals surface area (Å²) in [4.78, 5) is 30.2. The summed E-state index contributed by atoms with van der Waals surface area (Å²) in [6.45, 7) is 2.47. The van der Waals surface area contributed by atoms with Crippen LogP contribution in [0, 0.1) is 0 Å². The van der Waals surface area contributed by atoms with E-state index in [2.05, 4.69) is 14.5 Å². The fraction of sp³-hybridized carbons (Fsp3) is 0.316. The highest BCUT2D eigenvalue weighted by Gasteiger charge is 2.22. The molecule has 1 N–H and O–H groups in total. The molecule has 0 atom stereocenters. The Morgan fingerprint density at radius 3 is 2.73 bits per heavy atom. The van der Waals surface area contributed by atoms with Gasteiger partial charge in [0.05, 0.1) is 11.8 Å². The lowest BCUT2D eigenvalue weighted by atomic mass is 10.0. The number of aromatic nitrogens is 3. The Morgan fingerprint density at radius 1 is 1.23 bits per heavy atom. The van der Waals surface area contributed by atoms with Crippen LogP contribution < -0.4 is 5.56 Å². The summed E-state index contributed by atoms with van der Waals surface area (Å²) in [5.41, 5.74) is 0.954. The van der Waals surface area contributed by atoms with Crippen LogP contribution in [0.4, 0.5) is 0 Å². The first kappa shape index (κ1) is 16.5. The molecular weight excluding hydrogens is 332 g/mol. The zero-order valence-corrected chi connectivity index (χ0v) is 14.3. The van der Waals surface area contributed by atoms with Gasteiger partial charge < -0.3 is 9.67 Å². The maximum absolute atomic E-state index is 12.3. The number of nitrogens with zero attached hydrogens (tertiary/aromatic N) is 4. The molecule has 1 fully saturated rings. The van der Waals surface area contributed by atoms with E-state index >= 15 is 0 Å². The molecule has 3 aromatic rings. The van der Waals surface area contributed by atoms with Crippen LogP contribution in [0.1, 0.15) is 34.8 Å². The smallest absolute Gasteiger partial charge is 0.341 e. The Kier molecular flexibility index (Phi) is 4.30. The second-order valence-electron chi connectivity index (χ2n) is 6.67. The second-order valence-corrected chi connectivity index (χ2v) is 6.67. The number of rotatable bonds is 4. The van der Waals surface area contributed by atoms with Crippen LogP contribution in [-0.4, -0.2) is 43.0 Å². The molecule has 1 aliphatic heterocycles. The molecule has 0 aromatic carbocycles. The lowest BCUT2D eigenvalue weighted by molar-refractivity contribution is 0.0694. The number of aromatic carboxylic acids is 1. The van der Waals surface area contributed by atoms with Crippen LogP contribution in [0.3, 0.4) is 0 Å². The third-order valence-electron chi connectivity index (χ3n) is 5.08. The number of piperidine rings is 1. The van der Waals surface area contributed by atoms with E-state index in [9.17, 15) is 14.7 Å². The second kappa shape index (κ2) is 6.76. The minimum Gasteiger partial charge on any atom is -0.477 e. The average molecular weight is 352 g/mol. The van der Waals surface area contributed by atoms with Gasteiger partial charge in [0.1, 0.15) is 5.56 Å². The van der Waals surface area contributed by atoms with Gasteiger partial charge in [-0.15, -0.1) is 0 Å². The normalized spacial score (nSPS) is 16.2. The van der Waals surface area contributed by atoms with Crippen molar-refractivity contribution in [3.63, 3.8) is 0 Å². The lowest BCUT2D eigenvalue weighted by Crippen LogP contribution is -2.34. The molecule has 4 rings (SSSR count). The molecule has 0 bridgehead atoms. The van der Waals surface area contributed by atoms with Crippen molar-refractivity contribution in [1.82, 2.24) is 18.9 Å². The summed E-state index contributed by atoms with van der Waals surface area (Å²) in [5, 5.41) is 9.36. The van der Waals surface area contributed by atoms with Crippen LogP contribution in [0.25, 0.3) is 5.52 Å². The van der Waals surface area contributed by atoms with E-state index in [1.807, 2.05) is 24.7 Å². The zero-order chi connectivity index (χ0) is 18.1. The SMILES string of the molecule is O=C(O)c1cc(CN2CCC(n3ccnc3)CC2)c2ccccn2c1=O. The summed E-state index contributed by atoms with van der Waals surface area (Å²) >= 11 is 0. The largest absolute Gasteiger partial charge is 0.477 e. The van der Waals surface area contributed by atoms with Crippen molar-refractivity contribution in [3.8, 4) is 0 Å². The van der Waals surface area contributed by atoms with Gasteiger partial charge in [0.2, 0.25) is 0 Å². The quantitative estimate of drug-likeness (QED) is 0.777. The Hall–Kier alpha value is -2.93. The van der Waals surface area contributed by atoms with Gasteiger partial charge in [-0.3, -0.25) is 14.1 Å². The Balaban J connectivity index is 1.59. The van der Waals surface area contributed by atoms with Crippen molar-refractivity contribution >= 4 is 11.5 Å². The number of carboxylic acid groups (broad SMARTS) is 1. The number of pyridine rings is 2. The molecule has 3 aromatic heterocycles. The Bertz CT molecular complexity index is 986. The van der Waals surface area contributed by atoms with Crippen LogP contribution in [0.15, 0.2) is 54.0 Å². The molecule has 0 aliphatic carbocycles. The van der Waals surface area contributed by atoms with E-state index in [1.54, 1.807) is 18.5 Å². The number of hydrogen-bond acceptors (Lipinski definition) is 4. The molecule has 0 saturated carbocycles. The first-order valence-corrected chi connectivity index (χ1v) is 8.70. The molecule has 0 spiro atoms. The van der Waals surface area contributed by atoms with E-state index in [4.69, 9.17) is 0 Å². The summed E-state index contributed by atoms with van der Waals surface area (Å²) in [5.74, 6) is -1.19. The fourth-order valence-electron chi connectivity index (χ4n) is 3.70. The van der Waals surface area contributed by atoms with Crippen molar-refractivity contribution in [2.45, 2.75) is 25.4 Å². The van der Waals surface area contributed by atoms with Gasteiger partial charge in [-0.1, -0.05) is 6.07 Å². The average Bonchev–Trinajstić information content (AvgIpc) is 3.19. The number of likely N-dealkylation sites (tertiary alicyclic amines) is 1. The molecule has 1 aliphatic rings. The van der Waals surface area contributed by atoms with Crippen molar-refractivity contribution in [3.05, 3.63) is 70.7 Å². The topological polar surface area (TPSA) is 79.8 Å². The van der Waals surface area contributed by atoms with Gasteiger partial charge >= 0.3 is 5.97 Å². The first-order valence-electron chi connectivity index (χ1n) is 8.70. The minimum absolute atomic E-state index is 0.183. The van der Waals surface area contributed by atoms with Crippen molar-refractivity contribution < 1.29 is 9.90 Å². The van der Waals surface area contributed by atoms with Gasteiger partial charge in [0.15, 0.2) is 0 Å². The van der Waals surface area contributed by atoms with Crippen LogP contribution in [0.5, 0.6) is 0 Å². The maximum Gasteiger partial charge on any atom is 0.341 e. The van der Waals surface area contributed by atoms with E-state index in [0.717, 1.165) is 37.0 Å². The van der Waals surface area contributed by atoms with Gasteiger partial charge in [-0.2, -0.15) is 0 Å². The molecule has 0 unspecified atom stereocenters. The van der Waals surface area contributed by atoms with Crippen molar-refractivity contribution in [1.29, 1.82) is 0 Å². The van der Waals surface area contributed by atoms with E-state index in [1.165, 1.54) is 10.5 Å². The van der Waals surface area contributed by atoms with Gasteiger partial charge in [0.25, 0.3) is 5.56 Å². The summed E-state index contributed by atoms with van der Waals surface area (Å²) < 4.78 is 3.58. The lowest BCUT2D eigenvalue weighted by Gasteiger charge is -2.32. The van der Waals surface area contributed by atoms with E-state index < -0.39 is 11.5 Å². The summed E-state index contributed by atoms with van der Waals surface area (Å²) in [7, 11) is 0. The Labute approximate surface area is 150 Å². The third kappa shape index (κ3) is 3.01. The van der Waals surface area contributed by atoms with Crippen LogP contribution in [-0.2, 0) is 6.54 Å². The maximum atomic E-state index is 12.3. The molecule has 7 heteroatoms. The number of carboxylic acids is 1. The van der Waals surface area contributed by atoms with Crippen LogP contribution >= 0.6 is 0 Å². The molecule has 0 amide bonds. The number of carbonyl (C=O) groups is 1. The molecule has 4 heterocycles. The van der Waals surface area contributed by atoms with Gasteiger partial charge in [-0.25, -0.2) is 9.78 Å². The number of imidazole rings is 1. The number of fused-ring (bicyclic) bond motifs is 1. The highest BCUT2D eigenvalue weighted by molar-refractivity contribution is 5.88. The summed E-state index contributed by atoms with van der Waals surface area (Å²) in [6.07, 6.45) is 9.32.